The molecule has 5 heteroatoms. The van der Waals surface area contributed by atoms with Gasteiger partial charge < -0.3 is 15.4 Å². The molecule has 0 aliphatic heterocycles. The quantitative estimate of drug-likeness (QED) is 0.561. The van der Waals surface area contributed by atoms with E-state index in [0.29, 0.717) is 5.02 Å². The van der Waals surface area contributed by atoms with Crippen molar-refractivity contribution in [3.05, 3.63) is 53.6 Å². The van der Waals surface area contributed by atoms with E-state index >= 15 is 0 Å². The van der Waals surface area contributed by atoms with Gasteiger partial charge in [-0.15, -0.1) is 0 Å². The number of carbonyl (C=O) groups excluding carboxylic acids is 1. The van der Waals surface area contributed by atoms with Crippen LogP contribution in [0.3, 0.4) is 0 Å². The Morgan fingerprint density at radius 2 is 1.84 bits per heavy atom. The van der Waals surface area contributed by atoms with E-state index in [9.17, 15) is 4.79 Å². The SMILES string of the molecule is CCCCCCOc1ccc(NC(=O)CNc2cccc(Cl)c2)cc1. The molecule has 0 aliphatic rings. The number of carbonyl (C=O) groups is 1. The Hall–Kier alpha value is -2.20. The summed E-state index contributed by atoms with van der Waals surface area (Å²) in [6.07, 6.45) is 4.74. The van der Waals surface area contributed by atoms with Crippen molar-refractivity contribution in [1.82, 2.24) is 0 Å². The van der Waals surface area contributed by atoms with E-state index in [1.807, 2.05) is 36.4 Å². The number of unbranched alkanes of at least 4 members (excludes halogenated alkanes) is 3. The Balaban J connectivity index is 1.71. The second-order valence-corrected chi connectivity index (χ2v) is 6.28. The Kier molecular flexibility index (Phi) is 8.13. The van der Waals surface area contributed by atoms with E-state index in [1.165, 1.54) is 19.3 Å². The third-order valence-corrected chi connectivity index (χ3v) is 3.92. The molecule has 0 aliphatic carbocycles. The molecule has 2 N–H and O–H groups in total. The molecule has 25 heavy (non-hydrogen) atoms. The number of anilines is 2. The minimum Gasteiger partial charge on any atom is -0.494 e. The van der Waals surface area contributed by atoms with E-state index in [0.717, 1.165) is 30.2 Å². The largest absolute Gasteiger partial charge is 0.494 e. The lowest BCUT2D eigenvalue weighted by Crippen LogP contribution is -2.21. The van der Waals surface area contributed by atoms with Crippen LogP contribution in [0.25, 0.3) is 0 Å². The molecule has 0 bridgehead atoms. The summed E-state index contributed by atoms with van der Waals surface area (Å²) in [7, 11) is 0. The zero-order chi connectivity index (χ0) is 17.9. The fourth-order valence-corrected chi connectivity index (χ4v) is 2.53. The molecule has 0 unspecified atom stereocenters. The van der Waals surface area contributed by atoms with Gasteiger partial charge in [0, 0.05) is 16.4 Å². The van der Waals surface area contributed by atoms with Crippen molar-refractivity contribution in [2.45, 2.75) is 32.6 Å². The van der Waals surface area contributed by atoms with Gasteiger partial charge in [-0.25, -0.2) is 0 Å². The molecule has 0 fully saturated rings. The fraction of sp³-hybridized carbons (Fsp3) is 0.350. The molecule has 2 aromatic carbocycles. The van der Waals surface area contributed by atoms with Crippen LogP contribution in [0.15, 0.2) is 48.5 Å². The summed E-state index contributed by atoms with van der Waals surface area (Å²) < 4.78 is 5.69. The second-order valence-electron chi connectivity index (χ2n) is 5.85. The molecule has 0 radical (unpaired) electrons. The molecular weight excluding hydrogens is 336 g/mol. The van der Waals surface area contributed by atoms with Gasteiger partial charge in [0.1, 0.15) is 5.75 Å². The van der Waals surface area contributed by atoms with Crippen LogP contribution in [0.1, 0.15) is 32.6 Å². The van der Waals surface area contributed by atoms with E-state index in [-0.39, 0.29) is 12.5 Å². The number of amides is 1. The maximum absolute atomic E-state index is 12.0. The highest BCUT2D eigenvalue weighted by molar-refractivity contribution is 6.30. The summed E-state index contributed by atoms with van der Waals surface area (Å²) in [5.74, 6) is 0.708. The molecule has 2 aromatic rings. The number of hydrogen-bond acceptors (Lipinski definition) is 3. The zero-order valence-corrected chi connectivity index (χ0v) is 15.3. The van der Waals surface area contributed by atoms with E-state index in [1.54, 1.807) is 12.1 Å². The van der Waals surface area contributed by atoms with E-state index < -0.39 is 0 Å². The third kappa shape index (κ3) is 7.48. The summed E-state index contributed by atoms with van der Waals surface area (Å²) >= 11 is 5.91. The average molecular weight is 361 g/mol. The molecule has 1 amide bonds. The van der Waals surface area contributed by atoms with Gasteiger partial charge in [0.05, 0.1) is 13.2 Å². The lowest BCUT2D eigenvalue weighted by atomic mass is 10.2. The molecule has 134 valence electrons. The predicted octanol–water partition coefficient (Wildman–Crippen LogP) is 5.35. The first-order chi connectivity index (χ1) is 12.2. The maximum atomic E-state index is 12.0. The summed E-state index contributed by atoms with van der Waals surface area (Å²) in [5, 5.41) is 6.52. The summed E-state index contributed by atoms with van der Waals surface area (Å²) in [6.45, 7) is 3.10. The first-order valence-electron chi connectivity index (χ1n) is 8.69. The zero-order valence-electron chi connectivity index (χ0n) is 14.6. The highest BCUT2D eigenvalue weighted by Crippen LogP contribution is 2.17. The number of benzene rings is 2. The van der Waals surface area contributed by atoms with Crippen molar-refractivity contribution < 1.29 is 9.53 Å². The van der Waals surface area contributed by atoms with Crippen LogP contribution in [0.4, 0.5) is 11.4 Å². The van der Waals surface area contributed by atoms with E-state index in [2.05, 4.69) is 17.6 Å². The van der Waals surface area contributed by atoms with E-state index in [4.69, 9.17) is 16.3 Å². The highest BCUT2D eigenvalue weighted by atomic mass is 35.5. The Morgan fingerprint density at radius 1 is 1.04 bits per heavy atom. The van der Waals surface area contributed by atoms with Gasteiger partial charge >= 0.3 is 0 Å². The highest BCUT2D eigenvalue weighted by Gasteiger charge is 2.03. The van der Waals surface area contributed by atoms with Crippen LogP contribution in [0.2, 0.25) is 5.02 Å². The van der Waals surface area contributed by atoms with Gasteiger partial charge in [-0.1, -0.05) is 43.9 Å². The van der Waals surface area contributed by atoms with Crippen LogP contribution in [-0.2, 0) is 4.79 Å². The number of halogens is 1. The molecule has 0 atom stereocenters. The second kappa shape index (κ2) is 10.6. The minimum atomic E-state index is -0.117. The van der Waals surface area contributed by atoms with Crippen LogP contribution in [-0.4, -0.2) is 19.1 Å². The number of hydrogen-bond donors (Lipinski definition) is 2. The molecule has 0 saturated carbocycles. The number of nitrogens with one attached hydrogen (secondary N) is 2. The molecule has 2 rings (SSSR count). The molecule has 0 spiro atoms. The first-order valence-corrected chi connectivity index (χ1v) is 9.07. The van der Waals surface area contributed by atoms with Crippen LogP contribution in [0, 0.1) is 0 Å². The lowest BCUT2D eigenvalue weighted by molar-refractivity contribution is -0.114. The Labute approximate surface area is 154 Å². The van der Waals surface area contributed by atoms with Gasteiger partial charge in [-0.05, 0) is 48.9 Å². The van der Waals surface area contributed by atoms with Gasteiger partial charge in [-0.2, -0.15) is 0 Å². The summed E-state index contributed by atoms with van der Waals surface area (Å²) in [6, 6.07) is 14.7. The predicted molar refractivity (Wildman–Crippen MR) is 105 cm³/mol. The van der Waals surface area contributed by atoms with Crippen molar-refractivity contribution in [3.8, 4) is 5.75 Å². The Morgan fingerprint density at radius 3 is 2.56 bits per heavy atom. The monoisotopic (exact) mass is 360 g/mol. The first kappa shape index (κ1) is 19.1. The topological polar surface area (TPSA) is 50.4 Å². The molecule has 0 heterocycles. The normalized spacial score (nSPS) is 10.3. The Bertz CT molecular complexity index is 659. The van der Waals surface area contributed by atoms with Crippen molar-refractivity contribution in [2.24, 2.45) is 0 Å². The van der Waals surface area contributed by atoms with Crippen LogP contribution >= 0.6 is 11.6 Å². The molecule has 0 saturated heterocycles. The molecule has 0 aromatic heterocycles. The summed E-state index contributed by atoms with van der Waals surface area (Å²) in [5.41, 5.74) is 1.56. The average Bonchev–Trinajstić information content (AvgIpc) is 2.61. The molecule has 4 nitrogen and oxygen atoms in total. The van der Waals surface area contributed by atoms with Crippen molar-refractivity contribution >= 4 is 28.9 Å². The van der Waals surface area contributed by atoms with Gasteiger partial charge in [0.15, 0.2) is 0 Å². The van der Waals surface area contributed by atoms with Gasteiger partial charge in [-0.3, -0.25) is 4.79 Å². The number of rotatable bonds is 10. The lowest BCUT2D eigenvalue weighted by Gasteiger charge is -2.09. The van der Waals surface area contributed by atoms with Crippen LogP contribution < -0.4 is 15.4 Å². The molecular formula is C20H25ClN2O2. The maximum Gasteiger partial charge on any atom is 0.243 e. The summed E-state index contributed by atoms with van der Waals surface area (Å²) in [4.78, 5) is 12.0. The minimum absolute atomic E-state index is 0.117. The number of ether oxygens (including phenoxy) is 1. The van der Waals surface area contributed by atoms with Crippen molar-refractivity contribution in [1.29, 1.82) is 0 Å². The fourth-order valence-electron chi connectivity index (χ4n) is 2.34. The standard InChI is InChI=1S/C20H25ClN2O2/c1-2-3-4-5-13-25-19-11-9-17(10-12-19)23-20(24)15-22-18-8-6-7-16(21)14-18/h6-12,14,22H,2-5,13,15H2,1H3,(H,23,24). The van der Waals surface area contributed by atoms with Gasteiger partial charge in [0.2, 0.25) is 5.91 Å². The van der Waals surface area contributed by atoms with Gasteiger partial charge in [0.25, 0.3) is 0 Å². The van der Waals surface area contributed by atoms with Crippen LogP contribution in [0.5, 0.6) is 5.75 Å². The third-order valence-electron chi connectivity index (χ3n) is 3.68. The van der Waals surface area contributed by atoms with Crippen molar-refractivity contribution in [3.63, 3.8) is 0 Å². The van der Waals surface area contributed by atoms with Crippen molar-refractivity contribution in [2.75, 3.05) is 23.8 Å². The smallest absolute Gasteiger partial charge is 0.243 e.